The molecule has 2 aromatic heterocycles. The molecular formula is C21H26ClFN2O3Si. The number of nitrogens with zero attached hydrogens (tertiary/aromatic N) is 2. The number of hydrogen-bond acceptors (Lipinski definition) is 4. The third-order valence-electron chi connectivity index (χ3n) is 4.68. The zero-order valence-corrected chi connectivity index (χ0v) is 19.1. The van der Waals surface area contributed by atoms with Crippen molar-refractivity contribution >= 4 is 30.7 Å². The minimum absolute atomic E-state index is 0.123. The van der Waals surface area contributed by atoms with Crippen molar-refractivity contribution in [3.63, 3.8) is 0 Å². The summed E-state index contributed by atoms with van der Waals surface area (Å²) in [7, 11) is 1.80. The molecule has 0 atom stereocenters. The van der Waals surface area contributed by atoms with Crippen LogP contribution < -0.4 is 9.47 Å². The van der Waals surface area contributed by atoms with Gasteiger partial charge in [0.1, 0.15) is 23.3 Å². The summed E-state index contributed by atoms with van der Waals surface area (Å²) in [5.41, 5.74) is 1.94. The maximum Gasteiger partial charge on any atom is 0.166 e. The number of aromatic nitrogens is 2. The first-order valence-electron chi connectivity index (χ1n) is 9.39. The Morgan fingerprint density at radius 1 is 1.10 bits per heavy atom. The number of rotatable bonds is 8. The average Bonchev–Trinajstić information content (AvgIpc) is 3.01. The van der Waals surface area contributed by atoms with Crippen molar-refractivity contribution in [3.05, 3.63) is 41.4 Å². The van der Waals surface area contributed by atoms with Gasteiger partial charge in [0.2, 0.25) is 0 Å². The van der Waals surface area contributed by atoms with E-state index in [2.05, 4.69) is 24.6 Å². The molecule has 0 bridgehead atoms. The standard InChI is InChI=1S/C21H26ClFN2O3Si/c1-26-17-8-7-16(23)20(27-2)19(17)15-12-25(13-28-10-11-29(3,4)5)21-14(15)6-9-18(22)24-21/h6-9,12H,10-11,13H2,1-5H3. The quantitative estimate of drug-likeness (QED) is 0.253. The molecule has 0 fully saturated rings. The summed E-state index contributed by atoms with van der Waals surface area (Å²) < 4.78 is 33.1. The second kappa shape index (κ2) is 8.73. The lowest BCUT2D eigenvalue weighted by Crippen LogP contribution is -2.22. The number of methoxy groups -OCH3 is 2. The van der Waals surface area contributed by atoms with Crippen LogP contribution in [0.3, 0.4) is 0 Å². The smallest absolute Gasteiger partial charge is 0.166 e. The maximum atomic E-state index is 14.4. The molecule has 0 aliphatic heterocycles. The number of ether oxygens (including phenoxy) is 3. The fourth-order valence-corrected chi connectivity index (χ4v) is 4.04. The number of hydrogen-bond donors (Lipinski definition) is 0. The zero-order chi connectivity index (χ0) is 21.2. The van der Waals surface area contributed by atoms with Crippen molar-refractivity contribution < 1.29 is 18.6 Å². The molecule has 5 nitrogen and oxygen atoms in total. The van der Waals surface area contributed by atoms with Crippen molar-refractivity contribution in [2.75, 3.05) is 20.8 Å². The summed E-state index contributed by atoms with van der Waals surface area (Å²) in [6.45, 7) is 7.93. The first-order chi connectivity index (χ1) is 13.7. The van der Waals surface area contributed by atoms with E-state index in [-0.39, 0.29) is 5.75 Å². The fraction of sp³-hybridized carbons (Fsp3) is 0.381. The van der Waals surface area contributed by atoms with E-state index in [0.29, 0.717) is 35.5 Å². The van der Waals surface area contributed by atoms with Crippen LogP contribution in [0.2, 0.25) is 30.8 Å². The molecule has 0 aliphatic carbocycles. The van der Waals surface area contributed by atoms with Gasteiger partial charge < -0.3 is 18.8 Å². The zero-order valence-electron chi connectivity index (χ0n) is 17.4. The van der Waals surface area contributed by atoms with Crippen LogP contribution in [-0.2, 0) is 11.5 Å². The van der Waals surface area contributed by atoms with Crippen LogP contribution >= 0.6 is 11.6 Å². The van der Waals surface area contributed by atoms with E-state index in [1.807, 2.05) is 16.8 Å². The number of fused-ring (bicyclic) bond motifs is 1. The first kappa shape index (κ1) is 21.6. The van der Waals surface area contributed by atoms with Crippen LogP contribution in [-0.4, -0.2) is 38.5 Å². The highest BCUT2D eigenvalue weighted by atomic mass is 35.5. The SMILES string of the molecule is COc1ccc(F)c(OC)c1-c1cn(COCC[Si](C)(C)C)c2nc(Cl)ccc12. The van der Waals surface area contributed by atoms with Crippen molar-refractivity contribution in [2.24, 2.45) is 0 Å². The summed E-state index contributed by atoms with van der Waals surface area (Å²) in [4.78, 5) is 4.46. The average molecular weight is 437 g/mol. The van der Waals surface area contributed by atoms with Gasteiger partial charge in [0.05, 0.1) is 19.8 Å². The molecule has 2 heterocycles. The molecule has 0 aliphatic rings. The molecule has 0 spiro atoms. The highest BCUT2D eigenvalue weighted by Crippen LogP contribution is 2.43. The van der Waals surface area contributed by atoms with Crippen molar-refractivity contribution in [1.82, 2.24) is 9.55 Å². The number of halogens is 2. The van der Waals surface area contributed by atoms with Crippen molar-refractivity contribution in [2.45, 2.75) is 32.4 Å². The monoisotopic (exact) mass is 436 g/mol. The highest BCUT2D eigenvalue weighted by molar-refractivity contribution is 6.76. The largest absolute Gasteiger partial charge is 0.496 e. The van der Waals surface area contributed by atoms with Crippen molar-refractivity contribution in [1.29, 1.82) is 0 Å². The maximum absolute atomic E-state index is 14.4. The molecule has 29 heavy (non-hydrogen) atoms. The Bertz CT molecular complexity index is 1020. The molecule has 3 aromatic rings. The number of pyridine rings is 1. The third-order valence-corrected chi connectivity index (χ3v) is 6.59. The topological polar surface area (TPSA) is 45.5 Å². The molecular weight excluding hydrogens is 411 g/mol. The molecule has 0 amide bonds. The van der Waals surface area contributed by atoms with Gasteiger partial charge in [-0.1, -0.05) is 31.2 Å². The molecule has 0 N–H and O–H groups in total. The fourth-order valence-electron chi connectivity index (χ4n) is 3.14. The summed E-state index contributed by atoms with van der Waals surface area (Å²) >= 11 is 6.14. The normalized spacial score (nSPS) is 11.8. The molecule has 0 saturated heterocycles. The van der Waals surface area contributed by atoms with Crippen LogP contribution in [0.15, 0.2) is 30.5 Å². The molecule has 0 radical (unpaired) electrons. The van der Waals surface area contributed by atoms with Gasteiger partial charge in [0, 0.05) is 31.8 Å². The van der Waals surface area contributed by atoms with Gasteiger partial charge >= 0.3 is 0 Å². The van der Waals surface area contributed by atoms with Gasteiger partial charge in [-0.15, -0.1) is 0 Å². The van der Waals surface area contributed by atoms with Crippen LogP contribution in [0.4, 0.5) is 4.39 Å². The summed E-state index contributed by atoms with van der Waals surface area (Å²) in [6, 6.07) is 7.56. The Balaban J connectivity index is 2.08. The second-order valence-electron chi connectivity index (χ2n) is 8.02. The Labute approximate surface area is 176 Å². The molecule has 3 rings (SSSR count). The van der Waals surface area contributed by atoms with Crippen LogP contribution in [0.1, 0.15) is 0 Å². The van der Waals surface area contributed by atoms with E-state index in [9.17, 15) is 4.39 Å². The van der Waals surface area contributed by atoms with Gasteiger partial charge in [-0.05, 0) is 30.3 Å². The molecule has 156 valence electrons. The van der Waals surface area contributed by atoms with E-state index in [4.69, 9.17) is 25.8 Å². The van der Waals surface area contributed by atoms with Gasteiger partial charge in [-0.3, -0.25) is 0 Å². The van der Waals surface area contributed by atoms with Crippen molar-refractivity contribution in [3.8, 4) is 22.6 Å². The summed E-state index contributed by atoms with van der Waals surface area (Å²) in [6.07, 6.45) is 1.88. The molecule has 0 saturated carbocycles. The summed E-state index contributed by atoms with van der Waals surface area (Å²) in [5, 5.41) is 1.19. The van der Waals surface area contributed by atoms with Gasteiger partial charge in [-0.2, -0.15) is 0 Å². The van der Waals surface area contributed by atoms with E-state index in [1.165, 1.54) is 13.2 Å². The third kappa shape index (κ3) is 4.74. The molecule has 0 unspecified atom stereocenters. The van der Waals surface area contributed by atoms with Crippen LogP contribution in [0.5, 0.6) is 11.5 Å². The lowest BCUT2D eigenvalue weighted by molar-refractivity contribution is 0.0899. The van der Waals surface area contributed by atoms with E-state index in [0.717, 1.165) is 17.0 Å². The number of benzene rings is 1. The van der Waals surface area contributed by atoms with E-state index >= 15 is 0 Å². The predicted octanol–water partition coefficient (Wildman–Crippen LogP) is 5.83. The van der Waals surface area contributed by atoms with Crippen LogP contribution in [0, 0.1) is 5.82 Å². The van der Waals surface area contributed by atoms with Gasteiger partial charge in [-0.25, -0.2) is 9.37 Å². The predicted molar refractivity (Wildman–Crippen MR) is 117 cm³/mol. The Kier molecular flexibility index (Phi) is 6.51. The van der Waals surface area contributed by atoms with E-state index in [1.54, 1.807) is 19.2 Å². The lowest BCUT2D eigenvalue weighted by atomic mass is 10.0. The highest BCUT2D eigenvalue weighted by Gasteiger charge is 2.22. The first-order valence-corrected chi connectivity index (χ1v) is 13.5. The van der Waals surface area contributed by atoms with Crippen LogP contribution in [0.25, 0.3) is 22.2 Å². The van der Waals surface area contributed by atoms with Gasteiger partial charge in [0.15, 0.2) is 11.6 Å². The lowest BCUT2D eigenvalue weighted by Gasteiger charge is -2.15. The minimum atomic E-state index is -1.18. The second-order valence-corrected chi connectivity index (χ2v) is 14.0. The summed E-state index contributed by atoms with van der Waals surface area (Å²) in [5.74, 6) is 0.174. The Morgan fingerprint density at radius 2 is 1.86 bits per heavy atom. The van der Waals surface area contributed by atoms with E-state index < -0.39 is 13.9 Å². The molecule has 8 heteroatoms. The Morgan fingerprint density at radius 3 is 2.52 bits per heavy atom. The Hall–Kier alpha value is -2.09. The minimum Gasteiger partial charge on any atom is -0.496 e. The van der Waals surface area contributed by atoms with Gasteiger partial charge in [0.25, 0.3) is 0 Å². The molecule has 1 aromatic carbocycles.